The fraction of sp³-hybridized carbons (Fsp3) is 0.625. The van der Waals surface area contributed by atoms with E-state index >= 15 is 0 Å². The van der Waals surface area contributed by atoms with Crippen LogP contribution in [0.5, 0.6) is 17.2 Å². The number of methoxy groups -OCH3 is 3. The average molecular weight is 294 g/mol. The summed E-state index contributed by atoms with van der Waals surface area (Å²) in [6, 6.07) is 4.13. The highest BCUT2D eigenvalue weighted by Crippen LogP contribution is 2.41. The molecule has 0 amide bonds. The van der Waals surface area contributed by atoms with Crippen LogP contribution in [0.25, 0.3) is 0 Å². The summed E-state index contributed by atoms with van der Waals surface area (Å²) in [5.74, 6) is 2.78. The standard InChI is InChI=1S/C16H26N2O3/c1-18(10-11-5-6-11)13(9-17)12-7-14(19-2)16(21-4)15(8-12)20-3/h7-8,11,13H,5-6,9-10,17H2,1-4H3. The van der Waals surface area contributed by atoms with E-state index in [4.69, 9.17) is 19.9 Å². The third kappa shape index (κ3) is 3.60. The molecule has 21 heavy (non-hydrogen) atoms. The number of benzene rings is 1. The maximum atomic E-state index is 6.00. The van der Waals surface area contributed by atoms with Crippen LogP contribution in [0.3, 0.4) is 0 Å². The second-order valence-electron chi connectivity index (χ2n) is 5.59. The molecule has 0 heterocycles. The molecule has 0 aromatic heterocycles. The predicted molar refractivity (Wildman–Crippen MR) is 83.2 cm³/mol. The Balaban J connectivity index is 2.30. The zero-order valence-electron chi connectivity index (χ0n) is 13.4. The largest absolute Gasteiger partial charge is 0.493 e. The summed E-state index contributed by atoms with van der Waals surface area (Å²) in [6.07, 6.45) is 2.66. The van der Waals surface area contributed by atoms with Crippen molar-refractivity contribution in [2.45, 2.75) is 18.9 Å². The van der Waals surface area contributed by atoms with E-state index < -0.39 is 0 Å². The number of rotatable bonds is 8. The van der Waals surface area contributed by atoms with Crippen molar-refractivity contribution in [3.63, 3.8) is 0 Å². The number of ether oxygens (including phenoxy) is 3. The van der Waals surface area contributed by atoms with Crippen LogP contribution in [0.4, 0.5) is 0 Å². The molecule has 0 aliphatic heterocycles. The molecule has 5 heteroatoms. The molecule has 0 saturated heterocycles. The first-order chi connectivity index (χ1) is 10.1. The van der Waals surface area contributed by atoms with Crippen LogP contribution in [0.15, 0.2) is 12.1 Å². The third-order valence-electron chi connectivity index (χ3n) is 4.07. The molecular formula is C16H26N2O3. The Bertz CT molecular complexity index is 450. The predicted octanol–water partition coefficient (Wildman–Crippen LogP) is 2.05. The average Bonchev–Trinajstić information content (AvgIpc) is 3.30. The summed E-state index contributed by atoms with van der Waals surface area (Å²) in [7, 11) is 7.00. The zero-order valence-corrected chi connectivity index (χ0v) is 13.4. The maximum Gasteiger partial charge on any atom is 0.203 e. The van der Waals surface area contributed by atoms with E-state index in [1.54, 1.807) is 21.3 Å². The van der Waals surface area contributed by atoms with E-state index in [0.29, 0.717) is 23.8 Å². The molecule has 5 nitrogen and oxygen atoms in total. The summed E-state index contributed by atoms with van der Waals surface area (Å²) in [5, 5.41) is 0. The second-order valence-corrected chi connectivity index (χ2v) is 5.59. The lowest BCUT2D eigenvalue weighted by Crippen LogP contribution is -2.32. The van der Waals surface area contributed by atoms with E-state index in [2.05, 4.69) is 11.9 Å². The Morgan fingerprint density at radius 1 is 1.14 bits per heavy atom. The molecule has 2 N–H and O–H groups in total. The summed E-state index contributed by atoms with van der Waals surface area (Å²) < 4.78 is 16.2. The number of hydrogen-bond donors (Lipinski definition) is 1. The monoisotopic (exact) mass is 294 g/mol. The maximum absolute atomic E-state index is 6.00. The highest BCUT2D eigenvalue weighted by molar-refractivity contribution is 5.54. The van der Waals surface area contributed by atoms with Crippen molar-refractivity contribution in [2.75, 3.05) is 41.5 Å². The van der Waals surface area contributed by atoms with Crippen LogP contribution < -0.4 is 19.9 Å². The molecule has 1 aromatic carbocycles. The second kappa shape index (κ2) is 7.00. The van der Waals surface area contributed by atoms with Crippen molar-refractivity contribution in [1.29, 1.82) is 0 Å². The molecule has 0 spiro atoms. The highest BCUT2D eigenvalue weighted by atomic mass is 16.5. The van der Waals surface area contributed by atoms with E-state index in [-0.39, 0.29) is 6.04 Å². The minimum atomic E-state index is 0.152. The van der Waals surface area contributed by atoms with Crippen molar-refractivity contribution in [1.82, 2.24) is 4.90 Å². The molecule has 0 bridgehead atoms. The summed E-state index contributed by atoms with van der Waals surface area (Å²) in [4.78, 5) is 2.32. The zero-order chi connectivity index (χ0) is 15.4. The van der Waals surface area contributed by atoms with Gasteiger partial charge in [0.1, 0.15) is 0 Å². The number of nitrogens with two attached hydrogens (primary N) is 1. The third-order valence-corrected chi connectivity index (χ3v) is 4.07. The summed E-state index contributed by atoms with van der Waals surface area (Å²) >= 11 is 0. The Morgan fingerprint density at radius 3 is 2.10 bits per heavy atom. The van der Waals surface area contributed by atoms with Crippen molar-refractivity contribution < 1.29 is 14.2 Å². The van der Waals surface area contributed by atoms with Crippen LogP contribution >= 0.6 is 0 Å². The molecule has 2 rings (SSSR count). The smallest absolute Gasteiger partial charge is 0.203 e. The fourth-order valence-corrected chi connectivity index (χ4v) is 2.70. The van der Waals surface area contributed by atoms with Gasteiger partial charge >= 0.3 is 0 Å². The topological polar surface area (TPSA) is 57.0 Å². The molecule has 1 aliphatic carbocycles. The minimum absolute atomic E-state index is 0.152. The number of likely N-dealkylation sites (N-methyl/N-ethyl adjacent to an activating group) is 1. The molecule has 1 aliphatic rings. The van der Waals surface area contributed by atoms with Crippen LogP contribution in [-0.4, -0.2) is 46.4 Å². The van der Waals surface area contributed by atoms with Gasteiger partial charge in [0.25, 0.3) is 0 Å². The number of nitrogens with zero attached hydrogens (tertiary/aromatic N) is 1. The van der Waals surface area contributed by atoms with Gasteiger partial charge in [0.05, 0.1) is 21.3 Å². The summed E-state index contributed by atoms with van der Waals surface area (Å²) in [5.41, 5.74) is 7.09. The minimum Gasteiger partial charge on any atom is -0.493 e. The molecule has 1 saturated carbocycles. The van der Waals surface area contributed by atoms with Crippen molar-refractivity contribution in [2.24, 2.45) is 11.7 Å². The van der Waals surface area contributed by atoms with Gasteiger partial charge in [-0.25, -0.2) is 0 Å². The summed E-state index contributed by atoms with van der Waals surface area (Å²) in [6.45, 7) is 1.64. The Kier molecular flexibility index (Phi) is 5.31. The van der Waals surface area contributed by atoms with Crippen LogP contribution in [0.2, 0.25) is 0 Å². The molecule has 1 atom stereocenters. The Hall–Kier alpha value is -1.46. The highest BCUT2D eigenvalue weighted by Gasteiger charge is 2.27. The lowest BCUT2D eigenvalue weighted by Gasteiger charge is -2.28. The van der Waals surface area contributed by atoms with E-state index in [1.165, 1.54) is 12.8 Å². The first kappa shape index (κ1) is 15.9. The van der Waals surface area contributed by atoms with Crippen molar-refractivity contribution >= 4 is 0 Å². The first-order valence-corrected chi connectivity index (χ1v) is 7.34. The Labute approximate surface area is 127 Å². The van der Waals surface area contributed by atoms with E-state index in [9.17, 15) is 0 Å². The van der Waals surface area contributed by atoms with E-state index in [0.717, 1.165) is 18.0 Å². The van der Waals surface area contributed by atoms with Gasteiger partial charge in [-0.05, 0) is 43.5 Å². The van der Waals surface area contributed by atoms with E-state index in [1.807, 2.05) is 12.1 Å². The van der Waals surface area contributed by atoms with Gasteiger partial charge in [-0.15, -0.1) is 0 Å². The molecule has 1 fully saturated rings. The fourth-order valence-electron chi connectivity index (χ4n) is 2.70. The van der Waals surface area contributed by atoms with Gasteiger partial charge in [-0.1, -0.05) is 0 Å². The van der Waals surface area contributed by atoms with Crippen molar-refractivity contribution in [3.8, 4) is 17.2 Å². The molecule has 1 unspecified atom stereocenters. The van der Waals surface area contributed by atoms with Gasteiger partial charge in [0.2, 0.25) is 5.75 Å². The van der Waals surface area contributed by atoms with Gasteiger partial charge in [0.15, 0.2) is 11.5 Å². The lowest BCUT2D eigenvalue weighted by atomic mass is 10.0. The van der Waals surface area contributed by atoms with Gasteiger partial charge < -0.3 is 19.9 Å². The molecule has 0 radical (unpaired) electrons. The molecular weight excluding hydrogens is 268 g/mol. The first-order valence-electron chi connectivity index (χ1n) is 7.34. The quantitative estimate of drug-likeness (QED) is 0.795. The van der Waals surface area contributed by atoms with Gasteiger partial charge in [-0.3, -0.25) is 4.90 Å². The normalized spacial score (nSPS) is 15.9. The lowest BCUT2D eigenvalue weighted by molar-refractivity contribution is 0.238. The van der Waals surface area contributed by atoms with Gasteiger partial charge in [-0.2, -0.15) is 0 Å². The molecule has 118 valence electrons. The number of hydrogen-bond acceptors (Lipinski definition) is 5. The van der Waals surface area contributed by atoms with Crippen LogP contribution in [-0.2, 0) is 0 Å². The van der Waals surface area contributed by atoms with Gasteiger partial charge in [0, 0.05) is 19.1 Å². The molecule has 1 aromatic rings. The van der Waals surface area contributed by atoms with Crippen molar-refractivity contribution in [3.05, 3.63) is 17.7 Å². The Morgan fingerprint density at radius 2 is 1.71 bits per heavy atom. The van der Waals surface area contributed by atoms with Crippen LogP contribution in [0, 0.1) is 5.92 Å². The van der Waals surface area contributed by atoms with Crippen LogP contribution in [0.1, 0.15) is 24.4 Å². The SMILES string of the molecule is COc1cc(C(CN)N(C)CC2CC2)cc(OC)c1OC.